The van der Waals surface area contributed by atoms with Crippen molar-refractivity contribution in [3.63, 3.8) is 0 Å². The Labute approximate surface area is 231 Å². The Hall–Kier alpha value is -3.74. The fourth-order valence-corrected chi connectivity index (χ4v) is 6.00. The molecule has 2 atom stereocenters. The van der Waals surface area contributed by atoms with Gasteiger partial charge in [-0.3, -0.25) is 4.98 Å². The van der Waals surface area contributed by atoms with Crippen LogP contribution in [0.15, 0.2) is 42.6 Å². The summed E-state index contributed by atoms with van der Waals surface area (Å²) in [4.78, 5) is 19.8. The van der Waals surface area contributed by atoms with E-state index in [1.54, 1.807) is 17.2 Å². The van der Waals surface area contributed by atoms with E-state index in [0.29, 0.717) is 41.5 Å². The molecule has 2 fully saturated rings. The summed E-state index contributed by atoms with van der Waals surface area (Å²) < 4.78 is 22.5. The zero-order valence-corrected chi connectivity index (χ0v) is 22.7. The van der Waals surface area contributed by atoms with Crippen LogP contribution in [0.2, 0.25) is 5.02 Å². The lowest BCUT2D eigenvalue weighted by Crippen LogP contribution is -2.35. The van der Waals surface area contributed by atoms with Crippen molar-refractivity contribution in [3.8, 4) is 23.5 Å². The maximum absolute atomic E-state index is 16.4. The molecule has 8 nitrogen and oxygen atoms in total. The van der Waals surface area contributed by atoms with Crippen molar-refractivity contribution < 1.29 is 9.13 Å². The fraction of sp³-hybridized carbons (Fsp3) is 0.379. The summed E-state index contributed by atoms with van der Waals surface area (Å²) in [7, 11) is 3.99. The van der Waals surface area contributed by atoms with Crippen LogP contribution in [0.1, 0.15) is 19.3 Å². The van der Waals surface area contributed by atoms with Gasteiger partial charge in [0.05, 0.1) is 11.4 Å². The summed E-state index contributed by atoms with van der Waals surface area (Å²) in [6.07, 6.45) is 6.79. The van der Waals surface area contributed by atoms with Gasteiger partial charge in [-0.05, 0) is 44.3 Å². The number of hydrogen-bond acceptors (Lipinski definition) is 8. The van der Waals surface area contributed by atoms with E-state index in [9.17, 15) is 5.26 Å². The van der Waals surface area contributed by atoms with E-state index in [4.69, 9.17) is 21.3 Å². The van der Waals surface area contributed by atoms with E-state index >= 15 is 4.39 Å². The monoisotopic (exact) mass is 545 g/mol. The lowest BCUT2D eigenvalue weighted by Gasteiger charge is -2.27. The predicted molar refractivity (Wildman–Crippen MR) is 150 cm³/mol. The summed E-state index contributed by atoms with van der Waals surface area (Å²) in [5, 5.41) is 12.0. The molecule has 0 radical (unpaired) electrons. The zero-order chi connectivity index (χ0) is 27.1. The van der Waals surface area contributed by atoms with Crippen LogP contribution in [0.5, 0.6) is 6.01 Å². The molecule has 2 aliphatic heterocycles. The molecule has 10 heteroatoms. The van der Waals surface area contributed by atoms with Crippen LogP contribution in [-0.4, -0.2) is 77.2 Å². The quantitative estimate of drug-likeness (QED) is 0.309. The topological polar surface area (TPSA) is 81.4 Å². The second kappa shape index (κ2) is 10.4. The van der Waals surface area contributed by atoms with Crippen molar-refractivity contribution in [2.24, 2.45) is 0 Å². The molecule has 0 bridgehead atoms. The normalized spacial score (nSPS) is 19.6. The van der Waals surface area contributed by atoms with Gasteiger partial charge in [0, 0.05) is 48.3 Å². The van der Waals surface area contributed by atoms with E-state index in [0.717, 1.165) is 36.6 Å². The molecule has 39 heavy (non-hydrogen) atoms. The van der Waals surface area contributed by atoms with E-state index in [2.05, 4.69) is 28.1 Å². The molecule has 0 unspecified atom stereocenters. The molecular formula is C29H29ClFN7O. The van der Waals surface area contributed by atoms with Crippen LogP contribution >= 0.6 is 11.6 Å². The lowest BCUT2D eigenvalue weighted by molar-refractivity contribution is 0.188. The van der Waals surface area contributed by atoms with Crippen LogP contribution in [0.3, 0.4) is 0 Å². The van der Waals surface area contributed by atoms with Gasteiger partial charge < -0.3 is 19.4 Å². The van der Waals surface area contributed by atoms with Gasteiger partial charge in [0.25, 0.3) is 0 Å². The number of nitriles is 1. The lowest BCUT2D eigenvalue weighted by atomic mass is 10.0. The first-order chi connectivity index (χ1) is 18.9. The van der Waals surface area contributed by atoms with Gasteiger partial charge >= 0.3 is 6.01 Å². The summed E-state index contributed by atoms with van der Waals surface area (Å²) in [5.74, 6) is -0.0154. The first-order valence-corrected chi connectivity index (χ1v) is 13.6. The Morgan fingerprint density at radius 2 is 2.00 bits per heavy atom. The summed E-state index contributed by atoms with van der Waals surface area (Å²) in [6, 6.07) is 11.7. The first-order valence-electron chi connectivity index (χ1n) is 13.2. The summed E-state index contributed by atoms with van der Waals surface area (Å²) in [6.45, 7) is 2.69. The molecule has 2 aromatic carbocycles. The Balaban J connectivity index is 1.47. The van der Waals surface area contributed by atoms with Gasteiger partial charge in [-0.25, -0.2) is 4.39 Å². The minimum atomic E-state index is -0.551. The number of likely N-dealkylation sites (tertiary alicyclic amines) is 2. The molecule has 4 aromatic rings. The van der Waals surface area contributed by atoms with Gasteiger partial charge in [0.15, 0.2) is 12.0 Å². The van der Waals surface area contributed by atoms with Crippen LogP contribution < -0.4 is 9.64 Å². The van der Waals surface area contributed by atoms with Crippen molar-refractivity contribution in [2.75, 3.05) is 45.2 Å². The van der Waals surface area contributed by atoms with E-state index < -0.39 is 5.82 Å². The minimum absolute atomic E-state index is 0.0381. The number of benzene rings is 2. The Kier molecular flexibility index (Phi) is 6.83. The highest BCUT2D eigenvalue weighted by Gasteiger charge is 2.29. The molecule has 4 heterocycles. The third kappa shape index (κ3) is 4.68. The SMILES string of the molecule is CN1CCC[C@H]1COc1nc(N(C)[C@@H]2CCN(C#N)C2)c2cnc(-c3cccc4cccc(Cl)c34)c(F)c2n1. The number of anilines is 1. The highest BCUT2D eigenvalue weighted by Crippen LogP contribution is 2.37. The Morgan fingerprint density at radius 3 is 2.74 bits per heavy atom. The molecule has 0 spiro atoms. The molecular weight excluding hydrogens is 517 g/mol. The molecule has 0 saturated carbocycles. The van der Waals surface area contributed by atoms with Crippen LogP contribution in [0.25, 0.3) is 32.9 Å². The number of aromatic nitrogens is 3. The molecule has 0 amide bonds. The number of ether oxygens (including phenoxy) is 1. The molecule has 6 rings (SSSR count). The van der Waals surface area contributed by atoms with E-state index in [-0.39, 0.29) is 29.3 Å². The molecule has 2 aliphatic rings. The number of likely N-dealkylation sites (N-methyl/N-ethyl adjacent to an activating group) is 2. The van der Waals surface area contributed by atoms with Crippen molar-refractivity contribution in [1.29, 1.82) is 5.26 Å². The number of nitrogens with zero attached hydrogens (tertiary/aromatic N) is 7. The third-order valence-electron chi connectivity index (χ3n) is 8.02. The number of fused-ring (bicyclic) bond motifs is 2. The van der Waals surface area contributed by atoms with Gasteiger partial charge in [-0.15, -0.1) is 0 Å². The first kappa shape index (κ1) is 25.5. The predicted octanol–water partition coefficient (Wildman–Crippen LogP) is 5.10. The van der Waals surface area contributed by atoms with Crippen LogP contribution in [0, 0.1) is 17.3 Å². The standard InChI is InChI=1S/C29H29ClFN7O/c1-36-12-5-8-20(36)16-39-29-34-27-22(28(35-29)37(2)19-11-13-38(15-19)17-32)14-33-26(25(27)31)21-9-3-6-18-7-4-10-23(30)24(18)21/h3-4,6-7,9-10,14,19-20H,5,8,11-13,15-16H2,1-2H3/t19-,20+/m1/s1. The highest BCUT2D eigenvalue weighted by atomic mass is 35.5. The smallest absolute Gasteiger partial charge is 0.319 e. The third-order valence-corrected chi connectivity index (χ3v) is 8.33. The Morgan fingerprint density at radius 1 is 1.18 bits per heavy atom. The van der Waals surface area contributed by atoms with Crippen LogP contribution in [-0.2, 0) is 0 Å². The molecule has 200 valence electrons. The summed E-state index contributed by atoms with van der Waals surface area (Å²) >= 11 is 6.55. The minimum Gasteiger partial charge on any atom is -0.462 e. The number of hydrogen-bond donors (Lipinski definition) is 0. The fourth-order valence-electron chi connectivity index (χ4n) is 5.72. The average Bonchev–Trinajstić information content (AvgIpc) is 3.60. The molecule has 2 aromatic heterocycles. The molecule has 2 saturated heterocycles. The van der Waals surface area contributed by atoms with Gasteiger partial charge in [0.2, 0.25) is 0 Å². The summed E-state index contributed by atoms with van der Waals surface area (Å²) in [5.41, 5.74) is 0.916. The highest BCUT2D eigenvalue weighted by molar-refractivity contribution is 6.36. The van der Waals surface area contributed by atoms with Crippen molar-refractivity contribution in [2.45, 2.75) is 31.3 Å². The number of pyridine rings is 1. The molecule has 0 N–H and O–H groups in total. The van der Waals surface area contributed by atoms with Gasteiger partial charge in [-0.2, -0.15) is 15.2 Å². The van der Waals surface area contributed by atoms with Crippen molar-refractivity contribution >= 4 is 39.1 Å². The maximum atomic E-state index is 16.4. The number of halogens is 2. The van der Waals surface area contributed by atoms with Gasteiger partial charge in [0.1, 0.15) is 23.6 Å². The second-order valence-electron chi connectivity index (χ2n) is 10.3. The maximum Gasteiger partial charge on any atom is 0.319 e. The largest absolute Gasteiger partial charge is 0.462 e. The van der Waals surface area contributed by atoms with E-state index in [1.165, 1.54) is 0 Å². The molecule has 0 aliphatic carbocycles. The van der Waals surface area contributed by atoms with E-state index in [1.807, 2.05) is 42.3 Å². The second-order valence-corrected chi connectivity index (χ2v) is 10.8. The zero-order valence-electron chi connectivity index (χ0n) is 21.9. The van der Waals surface area contributed by atoms with Crippen LogP contribution in [0.4, 0.5) is 10.2 Å². The Bertz CT molecular complexity index is 1590. The van der Waals surface area contributed by atoms with Crippen molar-refractivity contribution in [1.82, 2.24) is 24.8 Å². The van der Waals surface area contributed by atoms with Crippen molar-refractivity contribution in [3.05, 3.63) is 53.4 Å². The number of rotatable bonds is 6. The van der Waals surface area contributed by atoms with Gasteiger partial charge in [-0.1, -0.05) is 41.9 Å². The average molecular weight is 546 g/mol.